The van der Waals surface area contributed by atoms with Gasteiger partial charge in [0.2, 0.25) is 0 Å². The van der Waals surface area contributed by atoms with Gasteiger partial charge < -0.3 is 15.2 Å². The fourth-order valence-electron chi connectivity index (χ4n) is 4.16. The number of carbonyl (C=O) groups excluding carboxylic acids is 1. The summed E-state index contributed by atoms with van der Waals surface area (Å²) in [5.74, 6) is 0.917. The summed E-state index contributed by atoms with van der Waals surface area (Å²) in [6.07, 6.45) is 10.4. The predicted molar refractivity (Wildman–Crippen MR) is 85.2 cm³/mol. The predicted octanol–water partition coefficient (Wildman–Crippen LogP) is 3.28. The Morgan fingerprint density at radius 3 is 2.86 bits per heavy atom. The molecule has 2 atom stereocenters. The van der Waals surface area contributed by atoms with E-state index in [2.05, 4.69) is 11.8 Å². The smallest absolute Gasteiger partial charge is 0.270 e. The van der Waals surface area contributed by atoms with E-state index in [0.717, 1.165) is 37.5 Å². The molecule has 0 bridgehead atoms. The molecule has 1 aromatic heterocycles. The molecular weight excluding hydrogens is 262 g/mol. The normalized spacial score (nSPS) is 25.7. The Morgan fingerprint density at radius 1 is 1.29 bits per heavy atom. The molecule has 3 rings (SSSR count). The number of anilines is 1. The minimum atomic E-state index is 0.191. The van der Waals surface area contributed by atoms with Crippen LogP contribution in [0.15, 0.2) is 12.3 Å². The van der Waals surface area contributed by atoms with Crippen molar-refractivity contribution in [2.75, 3.05) is 12.3 Å². The van der Waals surface area contributed by atoms with Crippen molar-refractivity contribution in [2.45, 2.75) is 64.5 Å². The van der Waals surface area contributed by atoms with E-state index in [4.69, 9.17) is 5.73 Å². The summed E-state index contributed by atoms with van der Waals surface area (Å²) < 4.78 is 2.03. The Hall–Kier alpha value is -1.45. The minimum absolute atomic E-state index is 0.191. The average Bonchev–Trinajstić information content (AvgIpc) is 2.87. The summed E-state index contributed by atoms with van der Waals surface area (Å²) in [5, 5.41) is 0. The van der Waals surface area contributed by atoms with Gasteiger partial charge in [-0.3, -0.25) is 4.79 Å². The molecule has 1 aliphatic heterocycles. The lowest BCUT2D eigenvalue weighted by atomic mass is 9.78. The highest BCUT2D eigenvalue weighted by atomic mass is 16.2. The van der Waals surface area contributed by atoms with E-state index in [1.165, 1.54) is 32.1 Å². The van der Waals surface area contributed by atoms with Gasteiger partial charge in [0.1, 0.15) is 5.69 Å². The molecule has 0 spiro atoms. The second kappa shape index (κ2) is 6.12. The van der Waals surface area contributed by atoms with Crippen LogP contribution in [0, 0.1) is 5.92 Å². The van der Waals surface area contributed by atoms with Crippen LogP contribution in [0.5, 0.6) is 0 Å². The van der Waals surface area contributed by atoms with Gasteiger partial charge >= 0.3 is 0 Å². The number of rotatable bonds is 3. The zero-order valence-electron chi connectivity index (χ0n) is 13.1. The van der Waals surface area contributed by atoms with E-state index in [1.54, 1.807) is 0 Å². The summed E-state index contributed by atoms with van der Waals surface area (Å²) in [6.45, 7) is 3.90. The maximum absolute atomic E-state index is 13.0. The summed E-state index contributed by atoms with van der Waals surface area (Å²) in [6, 6.07) is 2.32. The largest absolute Gasteiger partial charge is 0.397 e. The standard InChI is InChI=1S/C17H27N3O/c1-2-9-19-12-14(18)11-16(19)17(21)20-10-5-7-13-6-3-4-8-15(13)20/h11-13,15H,2-10,18H2,1H3. The molecule has 2 fully saturated rings. The first-order valence-electron chi connectivity index (χ1n) is 8.47. The van der Waals surface area contributed by atoms with Gasteiger partial charge in [0, 0.05) is 25.3 Å². The lowest BCUT2D eigenvalue weighted by Crippen LogP contribution is -2.50. The second-order valence-corrected chi connectivity index (χ2v) is 6.60. The maximum atomic E-state index is 13.0. The number of amides is 1. The number of likely N-dealkylation sites (tertiary alicyclic amines) is 1. The van der Waals surface area contributed by atoms with Crippen LogP contribution < -0.4 is 5.73 Å². The Bertz CT molecular complexity index is 506. The minimum Gasteiger partial charge on any atom is -0.397 e. The molecule has 1 saturated heterocycles. The van der Waals surface area contributed by atoms with E-state index < -0.39 is 0 Å². The fourth-order valence-corrected chi connectivity index (χ4v) is 4.16. The van der Waals surface area contributed by atoms with Crippen LogP contribution in [0.1, 0.15) is 62.4 Å². The first kappa shape index (κ1) is 14.5. The Labute approximate surface area is 127 Å². The Kier molecular flexibility index (Phi) is 4.22. The molecule has 1 aliphatic carbocycles. The van der Waals surface area contributed by atoms with Crippen molar-refractivity contribution in [3.63, 3.8) is 0 Å². The third kappa shape index (κ3) is 2.81. The van der Waals surface area contributed by atoms with Crippen LogP contribution >= 0.6 is 0 Å². The van der Waals surface area contributed by atoms with Gasteiger partial charge in [-0.25, -0.2) is 0 Å². The summed E-state index contributed by atoms with van der Waals surface area (Å²) in [5.41, 5.74) is 7.39. The van der Waals surface area contributed by atoms with Gasteiger partial charge in [-0.15, -0.1) is 0 Å². The van der Waals surface area contributed by atoms with Crippen LogP contribution in [0.4, 0.5) is 5.69 Å². The molecule has 2 N–H and O–H groups in total. The van der Waals surface area contributed by atoms with Crippen molar-refractivity contribution in [3.05, 3.63) is 18.0 Å². The third-order valence-electron chi connectivity index (χ3n) is 5.11. The molecule has 116 valence electrons. The topological polar surface area (TPSA) is 51.3 Å². The number of hydrogen-bond acceptors (Lipinski definition) is 2. The van der Waals surface area contributed by atoms with Gasteiger partial charge in [0.25, 0.3) is 5.91 Å². The zero-order valence-corrected chi connectivity index (χ0v) is 13.1. The number of fused-ring (bicyclic) bond motifs is 1. The van der Waals surface area contributed by atoms with Crippen LogP contribution in [0.25, 0.3) is 0 Å². The highest BCUT2D eigenvalue weighted by Gasteiger charge is 2.36. The second-order valence-electron chi connectivity index (χ2n) is 6.60. The van der Waals surface area contributed by atoms with Gasteiger partial charge in [-0.05, 0) is 44.1 Å². The number of nitrogens with zero attached hydrogens (tertiary/aromatic N) is 2. The zero-order chi connectivity index (χ0) is 14.8. The van der Waals surface area contributed by atoms with Crippen molar-refractivity contribution in [3.8, 4) is 0 Å². The van der Waals surface area contributed by atoms with Gasteiger partial charge in [-0.2, -0.15) is 0 Å². The van der Waals surface area contributed by atoms with Crippen LogP contribution in [-0.2, 0) is 6.54 Å². The van der Waals surface area contributed by atoms with E-state index in [0.29, 0.717) is 11.7 Å². The molecule has 2 aliphatic rings. The molecular formula is C17H27N3O. The number of hydrogen-bond donors (Lipinski definition) is 1. The van der Waals surface area contributed by atoms with E-state index in [1.807, 2.05) is 16.8 Å². The van der Waals surface area contributed by atoms with Gasteiger partial charge in [0.15, 0.2) is 0 Å². The van der Waals surface area contributed by atoms with E-state index in [9.17, 15) is 4.79 Å². The highest BCUT2D eigenvalue weighted by molar-refractivity contribution is 5.94. The van der Waals surface area contributed by atoms with E-state index in [-0.39, 0.29) is 5.91 Å². The monoisotopic (exact) mass is 289 g/mol. The first-order valence-corrected chi connectivity index (χ1v) is 8.47. The maximum Gasteiger partial charge on any atom is 0.270 e. The van der Waals surface area contributed by atoms with Crippen molar-refractivity contribution in [2.24, 2.45) is 5.92 Å². The molecule has 4 nitrogen and oxygen atoms in total. The molecule has 1 amide bonds. The Morgan fingerprint density at radius 2 is 2.05 bits per heavy atom. The number of carbonyl (C=O) groups is 1. The van der Waals surface area contributed by atoms with Crippen molar-refractivity contribution in [1.82, 2.24) is 9.47 Å². The van der Waals surface area contributed by atoms with Crippen LogP contribution in [0.3, 0.4) is 0 Å². The Balaban J connectivity index is 1.83. The van der Waals surface area contributed by atoms with Crippen molar-refractivity contribution < 1.29 is 4.79 Å². The lowest BCUT2D eigenvalue weighted by molar-refractivity contribution is 0.0381. The lowest BCUT2D eigenvalue weighted by Gasteiger charge is -2.44. The molecule has 0 radical (unpaired) electrons. The number of aryl methyl sites for hydroxylation is 1. The molecule has 21 heavy (non-hydrogen) atoms. The summed E-state index contributed by atoms with van der Waals surface area (Å²) >= 11 is 0. The van der Waals surface area contributed by atoms with Crippen molar-refractivity contribution in [1.29, 1.82) is 0 Å². The van der Waals surface area contributed by atoms with Crippen LogP contribution in [-0.4, -0.2) is 28.0 Å². The molecule has 4 heteroatoms. The number of nitrogens with two attached hydrogens (primary N) is 1. The number of piperidine rings is 1. The average molecular weight is 289 g/mol. The van der Waals surface area contributed by atoms with Crippen LogP contribution in [0.2, 0.25) is 0 Å². The quantitative estimate of drug-likeness (QED) is 0.928. The summed E-state index contributed by atoms with van der Waals surface area (Å²) in [7, 11) is 0. The molecule has 1 saturated carbocycles. The SMILES string of the molecule is CCCn1cc(N)cc1C(=O)N1CCCC2CCCCC21. The molecule has 0 aromatic carbocycles. The number of nitrogen functional groups attached to an aromatic ring is 1. The molecule has 2 heterocycles. The summed E-state index contributed by atoms with van der Waals surface area (Å²) in [4.78, 5) is 15.2. The molecule has 1 aromatic rings. The van der Waals surface area contributed by atoms with Crippen molar-refractivity contribution >= 4 is 11.6 Å². The first-order chi connectivity index (χ1) is 10.2. The highest BCUT2D eigenvalue weighted by Crippen LogP contribution is 2.36. The fraction of sp³-hybridized carbons (Fsp3) is 0.706. The molecule has 2 unspecified atom stereocenters. The number of aromatic nitrogens is 1. The van der Waals surface area contributed by atoms with Gasteiger partial charge in [0.05, 0.1) is 5.69 Å². The van der Waals surface area contributed by atoms with Gasteiger partial charge in [-0.1, -0.05) is 19.8 Å². The van der Waals surface area contributed by atoms with E-state index >= 15 is 0 Å². The third-order valence-corrected chi connectivity index (χ3v) is 5.11.